The van der Waals surface area contributed by atoms with Crippen LogP contribution in [0.1, 0.15) is 30.7 Å². The molecule has 0 bridgehead atoms. The van der Waals surface area contributed by atoms with Gasteiger partial charge < -0.3 is 10.8 Å². The molecule has 0 radical (unpaired) electrons. The number of hydrogen-bond acceptors (Lipinski definition) is 4. The van der Waals surface area contributed by atoms with Crippen LogP contribution in [0.4, 0.5) is 0 Å². The van der Waals surface area contributed by atoms with Gasteiger partial charge in [-0.2, -0.15) is 0 Å². The Morgan fingerprint density at radius 3 is 2.94 bits per heavy atom. The van der Waals surface area contributed by atoms with Crippen LogP contribution in [0.3, 0.4) is 0 Å². The molecule has 0 aromatic carbocycles. The van der Waals surface area contributed by atoms with E-state index in [0.717, 1.165) is 17.9 Å². The molecule has 2 unspecified atom stereocenters. The van der Waals surface area contributed by atoms with Gasteiger partial charge in [0.15, 0.2) is 0 Å². The zero-order chi connectivity index (χ0) is 13.1. The van der Waals surface area contributed by atoms with Crippen LogP contribution < -0.4 is 5.73 Å². The highest BCUT2D eigenvalue weighted by Gasteiger charge is 2.29. The maximum Gasteiger partial charge on any atom is 0.138 e. The highest BCUT2D eigenvalue weighted by molar-refractivity contribution is 5.27. The van der Waals surface area contributed by atoms with Gasteiger partial charge in [0.25, 0.3) is 0 Å². The molecule has 1 aliphatic rings. The summed E-state index contributed by atoms with van der Waals surface area (Å²) in [6, 6.07) is 4.08. The molecule has 3 N–H and O–H groups in total. The minimum Gasteiger partial charge on any atom is -0.506 e. The first kappa shape index (κ1) is 13.3. The van der Waals surface area contributed by atoms with Crippen molar-refractivity contribution >= 4 is 0 Å². The third kappa shape index (κ3) is 2.82. The predicted octanol–water partition coefficient (Wildman–Crippen LogP) is 1.65. The van der Waals surface area contributed by atoms with Crippen LogP contribution >= 0.6 is 0 Å². The van der Waals surface area contributed by atoms with E-state index in [0.29, 0.717) is 18.5 Å². The van der Waals surface area contributed by atoms with Crippen molar-refractivity contribution in [2.75, 3.05) is 13.6 Å². The quantitative estimate of drug-likeness (QED) is 0.852. The summed E-state index contributed by atoms with van der Waals surface area (Å²) in [4.78, 5) is 6.70. The summed E-state index contributed by atoms with van der Waals surface area (Å²) in [5.74, 6) is 0.872. The molecule has 1 aromatic heterocycles. The molecule has 1 heterocycles. The normalized spacial score (nSPS) is 23.8. The Labute approximate surface area is 109 Å². The Bertz CT molecular complexity index is 408. The largest absolute Gasteiger partial charge is 0.506 e. The number of hydrogen-bond donors (Lipinski definition) is 2. The van der Waals surface area contributed by atoms with Crippen molar-refractivity contribution in [2.45, 2.75) is 38.8 Å². The van der Waals surface area contributed by atoms with Crippen LogP contribution in [0.5, 0.6) is 5.75 Å². The van der Waals surface area contributed by atoms with E-state index in [9.17, 15) is 5.11 Å². The number of aryl methyl sites for hydroxylation is 1. The molecule has 100 valence electrons. The molecule has 1 fully saturated rings. The van der Waals surface area contributed by atoms with Gasteiger partial charge in [-0.25, -0.2) is 0 Å². The van der Waals surface area contributed by atoms with E-state index >= 15 is 0 Å². The van der Waals surface area contributed by atoms with Crippen LogP contribution in [-0.2, 0) is 6.54 Å². The molecular formula is C14H23N3O. The van der Waals surface area contributed by atoms with E-state index in [1.165, 1.54) is 19.3 Å². The molecule has 4 nitrogen and oxygen atoms in total. The number of pyridine rings is 1. The zero-order valence-electron chi connectivity index (χ0n) is 11.3. The smallest absolute Gasteiger partial charge is 0.138 e. The molecule has 1 saturated carbocycles. The summed E-state index contributed by atoms with van der Waals surface area (Å²) in [5, 5.41) is 9.84. The highest BCUT2D eigenvalue weighted by Crippen LogP contribution is 2.30. The Morgan fingerprint density at radius 2 is 2.22 bits per heavy atom. The van der Waals surface area contributed by atoms with E-state index in [1.807, 2.05) is 13.0 Å². The first-order valence-electron chi connectivity index (χ1n) is 6.67. The summed E-state index contributed by atoms with van der Waals surface area (Å²) in [6.45, 7) is 3.39. The van der Waals surface area contributed by atoms with E-state index in [2.05, 4.69) is 16.9 Å². The summed E-state index contributed by atoms with van der Waals surface area (Å²) in [5.41, 5.74) is 7.52. The van der Waals surface area contributed by atoms with E-state index < -0.39 is 0 Å². The molecule has 4 heteroatoms. The molecule has 0 aliphatic heterocycles. The Kier molecular flexibility index (Phi) is 4.19. The van der Waals surface area contributed by atoms with Gasteiger partial charge in [0, 0.05) is 18.3 Å². The fourth-order valence-electron chi connectivity index (χ4n) is 2.95. The second-order valence-electron chi connectivity index (χ2n) is 5.33. The first-order chi connectivity index (χ1) is 8.61. The van der Waals surface area contributed by atoms with Crippen molar-refractivity contribution in [3.05, 3.63) is 23.5 Å². The van der Waals surface area contributed by atoms with Crippen molar-refractivity contribution in [1.29, 1.82) is 0 Å². The van der Waals surface area contributed by atoms with Crippen LogP contribution in [0.15, 0.2) is 12.1 Å². The lowest BCUT2D eigenvalue weighted by molar-refractivity contribution is 0.189. The van der Waals surface area contributed by atoms with Crippen LogP contribution in [0.2, 0.25) is 0 Å². The SMILES string of the molecule is Cc1ccc(O)c(CN(C)C2CCCC2CN)n1. The second kappa shape index (κ2) is 5.67. The predicted molar refractivity (Wildman–Crippen MR) is 72.3 cm³/mol. The van der Waals surface area contributed by atoms with Gasteiger partial charge in [-0.3, -0.25) is 9.88 Å². The molecule has 0 amide bonds. The number of nitrogens with two attached hydrogens (primary N) is 1. The van der Waals surface area contributed by atoms with Gasteiger partial charge in [-0.05, 0) is 51.4 Å². The number of aromatic nitrogens is 1. The molecule has 18 heavy (non-hydrogen) atoms. The van der Waals surface area contributed by atoms with Crippen molar-refractivity contribution in [2.24, 2.45) is 11.7 Å². The standard InChI is InChI=1S/C14H23N3O/c1-10-6-7-14(18)12(16-10)9-17(2)13-5-3-4-11(13)8-15/h6-7,11,13,18H,3-5,8-9,15H2,1-2H3. The Balaban J connectivity index is 2.06. The minimum absolute atomic E-state index is 0.287. The third-order valence-electron chi connectivity index (χ3n) is 3.98. The lowest BCUT2D eigenvalue weighted by atomic mass is 10.0. The number of aromatic hydroxyl groups is 1. The van der Waals surface area contributed by atoms with Crippen molar-refractivity contribution in [1.82, 2.24) is 9.88 Å². The molecule has 0 spiro atoms. The van der Waals surface area contributed by atoms with Gasteiger partial charge in [-0.15, -0.1) is 0 Å². The zero-order valence-corrected chi connectivity index (χ0v) is 11.3. The first-order valence-corrected chi connectivity index (χ1v) is 6.67. The molecule has 1 aliphatic carbocycles. The van der Waals surface area contributed by atoms with Crippen molar-refractivity contribution in [3.63, 3.8) is 0 Å². The fraction of sp³-hybridized carbons (Fsp3) is 0.643. The Morgan fingerprint density at radius 1 is 1.44 bits per heavy atom. The van der Waals surface area contributed by atoms with Gasteiger partial charge in [0.05, 0.1) is 5.69 Å². The topological polar surface area (TPSA) is 62.4 Å². The lowest BCUT2D eigenvalue weighted by Crippen LogP contribution is -2.37. The third-order valence-corrected chi connectivity index (χ3v) is 3.98. The minimum atomic E-state index is 0.287. The summed E-state index contributed by atoms with van der Waals surface area (Å²) >= 11 is 0. The van der Waals surface area contributed by atoms with E-state index in [1.54, 1.807) is 6.07 Å². The number of rotatable bonds is 4. The van der Waals surface area contributed by atoms with Crippen molar-refractivity contribution < 1.29 is 5.11 Å². The second-order valence-corrected chi connectivity index (χ2v) is 5.33. The van der Waals surface area contributed by atoms with Crippen LogP contribution in [0, 0.1) is 12.8 Å². The van der Waals surface area contributed by atoms with Crippen LogP contribution in [0.25, 0.3) is 0 Å². The maximum absolute atomic E-state index is 9.84. The monoisotopic (exact) mass is 249 g/mol. The van der Waals surface area contributed by atoms with E-state index in [-0.39, 0.29) is 5.75 Å². The summed E-state index contributed by atoms with van der Waals surface area (Å²) in [7, 11) is 2.10. The molecular weight excluding hydrogens is 226 g/mol. The Hall–Kier alpha value is -1.13. The summed E-state index contributed by atoms with van der Waals surface area (Å²) in [6.07, 6.45) is 3.67. The number of nitrogens with zero attached hydrogens (tertiary/aromatic N) is 2. The van der Waals surface area contributed by atoms with Crippen LogP contribution in [-0.4, -0.2) is 34.6 Å². The molecule has 2 rings (SSSR count). The van der Waals surface area contributed by atoms with Gasteiger partial charge >= 0.3 is 0 Å². The molecule has 2 atom stereocenters. The molecule has 0 saturated heterocycles. The van der Waals surface area contributed by atoms with Gasteiger partial charge in [-0.1, -0.05) is 6.42 Å². The summed E-state index contributed by atoms with van der Waals surface area (Å²) < 4.78 is 0. The average molecular weight is 249 g/mol. The van der Waals surface area contributed by atoms with Gasteiger partial charge in [0.2, 0.25) is 0 Å². The van der Waals surface area contributed by atoms with Gasteiger partial charge in [0.1, 0.15) is 5.75 Å². The average Bonchev–Trinajstić information content (AvgIpc) is 2.82. The lowest BCUT2D eigenvalue weighted by Gasteiger charge is -2.29. The van der Waals surface area contributed by atoms with Crippen molar-refractivity contribution in [3.8, 4) is 5.75 Å². The molecule has 1 aromatic rings. The van der Waals surface area contributed by atoms with E-state index in [4.69, 9.17) is 5.73 Å². The highest BCUT2D eigenvalue weighted by atomic mass is 16.3. The maximum atomic E-state index is 9.84. The fourth-order valence-corrected chi connectivity index (χ4v) is 2.95.